The van der Waals surface area contributed by atoms with Crippen LogP contribution in [0.5, 0.6) is 0 Å². The molecule has 0 aromatic rings. The van der Waals surface area contributed by atoms with Gasteiger partial charge in [-0.3, -0.25) is 0 Å². The van der Waals surface area contributed by atoms with Crippen molar-refractivity contribution < 1.29 is 9.47 Å². The number of hydrogen-bond donors (Lipinski definition) is 1. The Bertz CT molecular complexity index is 158. The lowest BCUT2D eigenvalue weighted by Crippen LogP contribution is -2.43. The van der Waals surface area contributed by atoms with Crippen LogP contribution in [0, 0.1) is 5.92 Å². The lowest BCUT2D eigenvalue weighted by atomic mass is 9.94. The van der Waals surface area contributed by atoms with Crippen LogP contribution in [0.15, 0.2) is 0 Å². The summed E-state index contributed by atoms with van der Waals surface area (Å²) < 4.78 is 11.2. The van der Waals surface area contributed by atoms with E-state index in [-0.39, 0.29) is 0 Å². The predicted octanol–water partition coefficient (Wildman–Crippen LogP) is 2.21. The van der Waals surface area contributed by atoms with Crippen LogP contribution in [0.25, 0.3) is 0 Å². The Morgan fingerprint density at radius 3 is 2.88 bits per heavy atom. The fourth-order valence-corrected chi connectivity index (χ4v) is 2.13. The third-order valence-corrected chi connectivity index (χ3v) is 3.07. The summed E-state index contributed by atoms with van der Waals surface area (Å²) in [5, 5.41) is 3.59. The van der Waals surface area contributed by atoms with Crippen LogP contribution >= 0.6 is 0 Å². The first kappa shape index (κ1) is 13.9. The fraction of sp³-hybridized carbons (Fsp3) is 1.00. The summed E-state index contributed by atoms with van der Waals surface area (Å²) in [6.45, 7) is 8.98. The molecule has 2 atom stereocenters. The van der Waals surface area contributed by atoms with Gasteiger partial charge in [0.15, 0.2) is 0 Å². The van der Waals surface area contributed by atoms with Crippen LogP contribution in [-0.4, -0.2) is 39.0 Å². The molecule has 2 unspecified atom stereocenters. The normalized spacial score (nSPS) is 23.2. The molecule has 96 valence electrons. The highest BCUT2D eigenvalue weighted by molar-refractivity contribution is 4.78. The summed E-state index contributed by atoms with van der Waals surface area (Å²) >= 11 is 0. The van der Waals surface area contributed by atoms with Gasteiger partial charge in [-0.05, 0) is 38.1 Å². The maximum atomic E-state index is 5.68. The molecule has 0 bridgehead atoms. The van der Waals surface area contributed by atoms with E-state index in [1.807, 2.05) is 0 Å². The van der Waals surface area contributed by atoms with Gasteiger partial charge >= 0.3 is 0 Å². The predicted molar refractivity (Wildman–Crippen MR) is 66.7 cm³/mol. The highest BCUT2D eigenvalue weighted by Gasteiger charge is 2.23. The molecule has 0 radical (unpaired) electrons. The Kier molecular flexibility index (Phi) is 7.81. The first-order valence-electron chi connectivity index (χ1n) is 6.77. The van der Waals surface area contributed by atoms with Gasteiger partial charge in [-0.2, -0.15) is 0 Å². The molecule has 1 aliphatic rings. The van der Waals surface area contributed by atoms with Gasteiger partial charge in [0.2, 0.25) is 0 Å². The molecule has 0 spiro atoms. The van der Waals surface area contributed by atoms with E-state index in [4.69, 9.17) is 9.47 Å². The molecule has 0 aromatic heterocycles. The lowest BCUT2D eigenvalue weighted by molar-refractivity contribution is 0.0146. The van der Waals surface area contributed by atoms with E-state index < -0.39 is 0 Å². The molecule has 0 amide bonds. The average molecular weight is 229 g/mol. The summed E-state index contributed by atoms with van der Waals surface area (Å²) in [7, 11) is 0. The van der Waals surface area contributed by atoms with E-state index >= 15 is 0 Å². The van der Waals surface area contributed by atoms with Crippen LogP contribution in [-0.2, 0) is 9.47 Å². The lowest BCUT2D eigenvalue weighted by Gasteiger charge is -2.30. The monoisotopic (exact) mass is 229 g/mol. The maximum Gasteiger partial charge on any atom is 0.0623 e. The number of ether oxygens (including phenoxy) is 2. The third kappa shape index (κ3) is 5.28. The number of nitrogens with one attached hydrogen (secondary N) is 1. The largest absolute Gasteiger partial charge is 0.381 e. The Balaban J connectivity index is 2.28. The average Bonchev–Trinajstić information content (AvgIpc) is 2.35. The van der Waals surface area contributed by atoms with Gasteiger partial charge in [0, 0.05) is 19.3 Å². The number of hydrogen-bond acceptors (Lipinski definition) is 3. The van der Waals surface area contributed by atoms with Crippen LogP contribution in [0.1, 0.15) is 39.5 Å². The highest BCUT2D eigenvalue weighted by Crippen LogP contribution is 2.18. The zero-order valence-electron chi connectivity index (χ0n) is 10.8. The van der Waals surface area contributed by atoms with Gasteiger partial charge in [0.25, 0.3) is 0 Å². The van der Waals surface area contributed by atoms with Crippen molar-refractivity contribution >= 4 is 0 Å². The van der Waals surface area contributed by atoms with Crippen molar-refractivity contribution in [1.82, 2.24) is 5.32 Å². The molecular weight excluding hydrogens is 202 g/mol. The topological polar surface area (TPSA) is 30.5 Å². The van der Waals surface area contributed by atoms with Crippen LogP contribution in [0.4, 0.5) is 0 Å². The van der Waals surface area contributed by atoms with Gasteiger partial charge in [0.1, 0.15) is 0 Å². The Labute approximate surface area is 99.9 Å². The maximum absolute atomic E-state index is 5.68. The van der Waals surface area contributed by atoms with Crippen molar-refractivity contribution in [3.05, 3.63) is 0 Å². The van der Waals surface area contributed by atoms with E-state index in [0.29, 0.717) is 12.0 Å². The van der Waals surface area contributed by atoms with Crippen molar-refractivity contribution in [2.75, 3.05) is 33.0 Å². The molecule has 1 heterocycles. The molecule has 1 rings (SSSR count). The zero-order chi connectivity index (χ0) is 11.6. The minimum Gasteiger partial charge on any atom is -0.381 e. The van der Waals surface area contributed by atoms with Gasteiger partial charge in [-0.25, -0.2) is 0 Å². The minimum atomic E-state index is 0.479. The van der Waals surface area contributed by atoms with Gasteiger partial charge < -0.3 is 14.8 Å². The quantitative estimate of drug-likeness (QED) is 0.647. The smallest absolute Gasteiger partial charge is 0.0623 e. The van der Waals surface area contributed by atoms with Crippen LogP contribution in [0.2, 0.25) is 0 Å². The Morgan fingerprint density at radius 1 is 1.38 bits per heavy atom. The van der Waals surface area contributed by atoms with Crippen molar-refractivity contribution in [1.29, 1.82) is 0 Å². The van der Waals surface area contributed by atoms with E-state index in [1.165, 1.54) is 19.3 Å². The standard InChI is InChI=1S/C13H27NO2/c1-3-7-14-13(11-15-8-4-2)12-6-5-9-16-10-12/h12-14H,3-11H2,1-2H3. The fourth-order valence-electron chi connectivity index (χ4n) is 2.13. The molecule has 1 fully saturated rings. The molecule has 1 aliphatic heterocycles. The molecule has 1 saturated heterocycles. The molecule has 3 heteroatoms. The van der Waals surface area contributed by atoms with Crippen molar-refractivity contribution in [2.45, 2.75) is 45.6 Å². The molecular formula is C13H27NO2. The van der Waals surface area contributed by atoms with Gasteiger partial charge in [-0.1, -0.05) is 13.8 Å². The van der Waals surface area contributed by atoms with E-state index in [0.717, 1.165) is 39.4 Å². The summed E-state index contributed by atoms with van der Waals surface area (Å²) in [5.41, 5.74) is 0. The SMILES string of the molecule is CCCNC(COCCC)C1CCCOC1. The third-order valence-electron chi connectivity index (χ3n) is 3.07. The molecule has 1 N–H and O–H groups in total. The van der Waals surface area contributed by atoms with E-state index in [1.54, 1.807) is 0 Å². The van der Waals surface area contributed by atoms with Crippen molar-refractivity contribution in [3.8, 4) is 0 Å². The second-order valence-corrected chi connectivity index (χ2v) is 4.61. The second kappa shape index (κ2) is 8.97. The first-order chi connectivity index (χ1) is 7.88. The van der Waals surface area contributed by atoms with Crippen LogP contribution in [0.3, 0.4) is 0 Å². The summed E-state index contributed by atoms with van der Waals surface area (Å²) in [6, 6.07) is 0.479. The Hall–Kier alpha value is -0.120. The van der Waals surface area contributed by atoms with E-state index in [9.17, 15) is 0 Å². The second-order valence-electron chi connectivity index (χ2n) is 4.61. The van der Waals surface area contributed by atoms with Gasteiger partial charge in [-0.15, -0.1) is 0 Å². The Morgan fingerprint density at radius 2 is 2.25 bits per heavy atom. The molecule has 3 nitrogen and oxygen atoms in total. The zero-order valence-corrected chi connectivity index (χ0v) is 10.8. The van der Waals surface area contributed by atoms with Crippen molar-refractivity contribution in [3.63, 3.8) is 0 Å². The summed E-state index contributed by atoms with van der Waals surface area (Å²) in [5.74, 6) is 0.636. The van der Waals surface area contributed by atoms with Crippen LogP contribution < -0.4 is 5.32 Å². The van der Waals surface area contributed by atoms with Crippen molar-refractivity contribution in [2.24, 2.45) is 5.92 Å². The number of rotatable bonds is 8. The highest BCUT2D eigenvalue weighted by atomic mass is 16.5. The molecule has 0 aromatic carbocycles. The summed E-state index contributed by atoms with van der Waals surface area (Å²) in [6.07, 6.45) is 4.75. The minimum absolute atomic E-state index is 0.479. The first-order valence-corrected chi connectivity index (χ1v) is 6.77. The molecule has 0 saturated carbocycles. The van der Waals surface area contributed by atoms with Gasteiger partial charge in [0.05, 0.1) is 13.2 Å². The van der Waals surface area contributed by atoms with E-state index in [2.05, 4.69) is 19.2 Å². The molecule has 0 aliphatic carbocycles. The molecule has 16 heavy (non-hydrogen) atoms. The summed E-state index contributed by atoms with van der Waals surface area (Å²) in [4.78, 5) is 0.